The molecule has 0 amide bonds. The Labute approximate surface area is 422 Å². The van der Waals surface area contributed by atoms with Gasteiger partial charge >= 0.3 is 105 Å². The molecule has 0 saturated carbocycles. The minimum atomic E-state index is -1.22. The van der Waals surface area contributed by atoms with Crippen LogP contribution in [0, 0.1) is 0 Å². The molecule has 0 saturated heterocycles. The number of nitrogens with zero attached hydrogens (tertiary/aromatic N) is 5. The fraction of sp³-hybridized carbons (Fsp3) is 0.156. The normalized spacial score (nSPS) is 14.5. The van der Waals surface area contributed by atoms with Crippen LogP contribution >= 0.6 is 0 Å². The minimum absolute atomic E-state index is 0. The van der Waals surface area contributed by atoms with E-state index < -0.39 is 6.15 Å². The fourth-order valence-corrected chi connectivity index (χ4v) is 11.1. The zero-order valence-corrected chi connectivity index (χ0v) is 41.2. The summed E-state index contributed by atoms with van der Waals surface area (Å²) in [6.07, 6.45) is 3.48. The van der Waals surface area contributed by atoms with Crippen LogP contribution in [-0.2, 0) is 0 Å². The molecule has 0 bridgehead atoms. The molecule has 2 aliphatic heterocycles. The van der Waals surface area contributed by atoms with Crippen LogP contribution in [0.5, 0.6) is 0 Å². The summed E-state index contributed by atoms with van der Waals surface area (Å²) in [7, 11) is 6.57. The Morgan fingerprint density at radius 3 is 1.44 bits per heavy atom. The minimum Gasteiger partial charge on any atom is -0.195 e. The van der Waals surface area contributed by atoms with E-state index in [0.29, 0.717) is 12.1 Å². The molecule has 0 N–H and O–H groups in total. The summed E-state index contributed by atoms with van der Waals surface area (Å²) in [5.74, 6) is 1.25. The molecule has 7 heteroatoms. The first-order valence-corrected chi connectivity index (χ1v) is 24.8. The van der Waals surface area contributed by atoms with Crippen molar-refractivity contribution < 1.29 is 4.31 Å². The molecule has 1 atom stereocenters. The van der Waals surface area contributed by atoms with Crippen molar-refractivity contribution in [3.8, 4) is 0 Å². The van der Waals surface area contributed by atoms with Crippen molar-refractivity contribution in [1.82, 2.24) is 0 Å². The van der Waals surface area contributed by atoms with Gasteiger partial charge in [0, 0.05) is 26.2 Å². The molecule has 2 aliphatic rings. The molecule has 5 nitrogen and oxygen atoms in total. The molecule has 2 aromatic heterocycles. The van der Waals surface area contributed by atoms with Gasteiger partial charge < -0.3 is 19.6 Å². The summed E-state index contributed by atoms with van der Waals surface area (Å²) in [5, 5.41) is 5.16. The molecular formula is C64H65B2N5. The Hall–Kier alpha value is -7.89. The number of aromatic nitrogens is 1. The molecular weight excluding hydrogens is 860 g/mol. The standard InChI is InChI=1S/C24H20B.C23H30N4.C16H11BN.CH4/c1-5-13-21(14-6-1)25(22-15-7-2-8-16-22,23-17-9-3-10-18-23)24-19-11-4-12-20-24;1-16(2)26-20-13-9-7-11-18(20)24(5)22(26)15-23-25(6)19-12-8-10-14-21(19)27(23)17(3)4;1-2-6-13-11-16-14(9-12(13)5-1)10-15-7-3-4-8-18(15)17-16;/h1-20H;7-17,22H,1-6H3;1-11H;1H4/q-1;;+1;/b;23-15+;;. The van der Waals surface area contributed by atoms with Gasteiger partial charge in [-0.2, -0.15) is 21.9 Å². The van der Waals surface area contributed by atoms with Crippen LogP contribution in [0.4, 0.5) is 22.7 Å². The van der Waals surface area contributed by atoms with Crippen LogP contribution in [-0.4, -0.2) is 45.5 Å². The Balaban J connectivity index is 0.000000133. The summed E-state index contributed by atoms with van der Waals surface area (Å²) in [5.41, 5.74) is 11.7. The molecule has 0 spiro atoms. The zero-order valence-electron chi connectivity index (χ0n) is 41.2. The number of hydrogen-bond acceptors (Lipinski definition) is 4. The smallest absolute Gasteiger partial charge is 0.108 e. The van der Waals surface area contributed by atoms with Gasteiger partial charge in [-0.3, -0.25) is 0 Å². The molecule has 10 aromatic rings. The average Bonchev–Trinajstić information content (AvgIpc) is 3.85. The Morgan fingerprint density at radius 1 is 0.465 bits per heavy atom. The Morgan fingerprint density at radius 2 is 0.915 bits per heavy atom. The van der Waals surface area contributed by atoms with E-state index in [2.05, 4.69) is 316 Å². The van der Waals surface area contributed by atoms with Crippen molar-refractivity contribution in [3.63, 3.8) is 0 Å². The van der Waals surface area contributed by atoms with Crippen LogP contribution in [0.25, 0.3) is 27.0 Å². The van der Waals surface area contributed by atoms with E-state index >= 15 is 0 Å². The number of para-hydroxylation sites is 4. The van der Waals surface area contributed by atoms with Gasteiger partial charge in [0.1, 0.15) is 18.1 Å². The van der Waals surface area contributed by atoms with Gasteiger partial charge in [0.2, 0.25) is 0 Å². The fourth-order valence-electron chi connectivity index (χ4n) is 11.1. The molecule has 352 valence electrons. The third kappa shape index (κ3) is 9.21. The van der Waals surface area contributed by atoms with E-state index in [1.165, 1.54) is 77.4 Å². The van der Waals surface area contributed by atoms with Gasteiger partial charge in [0.15, 0.2) is 0 Å². The van der Waals surface area contributed by atoms with Crippen molar-refractivity contribution in [1.29, 1.82) is 0 Å². The van der Waals surface area contributed by atoms with Crippen molar-refractivity contribution in [2.45, 2.75) is 53.4 Å². The van der Waals surface area contributed by atoms with E-state index in [4.69, 9.17) is 0 Å². The van der Waals surface area contributed by atoms with Crippen molar-refractivity contribution >= 4 is 84.8 Å². The van der Waals surface area contributed by atoms with E-state index in [1.54, 1.807) is 0 Å². The second-order valence-electron chi connectivity index (χ2n) is 19.2. The van der Waals surface area contributed by atoms with Crippen LogP contribution < -0.4 is 45.8 Å². The van der Waals surface area contributed by atoms with Crippen molar-refractivity contribution in [3.05, 3.63) is 249 Å². The summed E-state index contributed by atoms with van der Waals surface area (Å²) in [4.78, 5) is 9.67. The topological polar surface area (TPSA) is 17.1 Å². The number of anilines is 4. The monoisotopic (exact) mass is 926 g/mol. The molecule has 4 heterocycles. The first kappa shape index (κ1) is 48.1. The molecule has 71 heavy (non-hydrogen) atoms. The molecule has 12 rings (SSSR count). The maximum atomic E-state index is 2.51. The van der Waals surface area contributed by atoms with E-state index in [1.807, 2.05) is 0 Å². The maximum absolute atomic E-state index is 2.51. The predicted molar refractivity (Wildman–Crippen MR) is 310 cm³/mol. The summed E-state index contributed by atoms with van der Waals surface area (Å²) >= 11 is 0. The molecule has 1 unspecified atom stereocenters. The largest absolute Gasteiger partial charge is 0.195 e. The molecule has 0 aliphatic carbocycles. The van der Waals surface area contributed by atoms with Gasteiger partial charge in [-0.25, -0.2) is 0 Å². The van der Waals surface area contributed by atoms with E-state index in [9.17, 15) is 0 Å². The maximum Gasteiger partial charge on any atom is 0.108 e. The third-order valence-electron chi connectivity index (χ3n) is 14.3. The van der Waals surface area contributed by atoms with Crippen LogP contribution in [0.1, 0.15) is 35.1 Å². The van der Waals surface area contributed by atoms with Crippen molar-refractivity contribution in [2.24, 2.45) is 0 Å². The summed E-state index contributed by atoms with van der Waals surface area (Å²) in [6.45, 7) is 9.07. The number of hydrogen-bond donors (Lipinski definition) is 0. The van der Waals surface area contributed by atoms with Crippen LogP contribution in [0.15, 0.2) is 249 Å². The predicted octanol–water partition coefficient (Wildman–Crippen LogP) is 11.7. The van der Waals surface area contributed by atoms with Gasteiger partial charge in [-0.05, 0) is 58.0 Å². The first-order chi connectivity index (χ1) is 34.2. The average molecular weight is 926 g/mol. The summed E-state index contributed by atoms with van der Waals surface area (Å²) < 4.78 is 2.16. The quantitative estimate of drug-likeness (QED) is 0.117. The number of rotatable bonds is 7. The summed E-state index contributed by atoms with van der Waals surface area (Å²) in [6, 6.07) is 83.2. The van der Waals surface area contributed by atoms with Gasteiger partial charge in [-0.15, -0.1) is 0 Å². The first-order valence-electron chi connectivity index (χ1n) is 24.8. The third-order valence-corrected chi connectivity index (χ3v) is 14.3. The molecule has 0 fully saturated rings. The van der Waals surface area contributed by atoms with Gasteiger partial charge in [0.05, 0.1) is 22.7 Å². The van der Waals surface area contributed by atoms with E-state index in [0.717, 1.165) is 0 Å². The van der Waals surface area contributed by atoms with Gasteiger partial charge in [-0.1, -0.05) is 153 Å². The molecule has 0 radical (unpaired) electrons. The zero-order chi connectivity index (χ0) is 48.2. The molecule has 8 aromatic carbocycles. The number of likely N-dealkylation sites (N-methyl/N-ethyl adjacent to an activating group) is 1. The number of pyridine rings is 1. The van der Waals surface area contributed by atoms with Crippen LogP contribution in [0.3, 0.4) is 0 Å². The second-order valence-corrected chi connectivity index (χ2v) is 19.2. The Kier molecular flexibility index (Phi) is 14.2. The SMILES string of the molecule is C.CC(C)N1/C(=C/C2N(C)c3ccccc3N2C(C)C)N(C)c2ccccc21.b1c2cc3ccccc3cc2cc2cccc[n+]12.c1ccc([B-](c2ccccc2)(c2ccccc2)c2ccccc2)cc1. The second kappa shape index (κ2) is 21.0. The number of fused-ring (bicyclic) bond motifs is 5. The van der Waals surface area contributed by atoms with Crippen molar-refractivity contribution in [2.75, 3.05) is 33.7 Å². The van der Waals surface area contributed by atoms with Crippen LogP contribution in [0.2, 0.25) is 0 Å². The van der Waals surface area contributed by atoms with E-state index in [-0.39, 0.29) is 13.6 Å². The van der Waals surface area contributed by atoms with Gasteiger partial charge in [0.25, 0.3) is 0 Å². The number of benzene rings is 8. The Bertz CT molecular complexity index is 3090.